The molecule has 0 radical (unpaired) electrons. The van der Waals surface area contributed by atoms with Gasteiger partial charge in [-0.25, -0.2) is 0 Å². The molecule has 0 aliphatic heterocycles. The molecule has 0 aromatic carbocycles. The number of nitrogens with zero attached hydrogens (tertiary/aromatic N) is 1. The van der Waals surface area contributed by atoms with Crippen molar-refractivity contribution in [3.63, 3.8) is 0 Å². The molecule has 0 unspecified atom stereocenters. The SMILES string of the molecule is CC(C)(C)CCN(CC1CCC1)C(C)(C)C. The summed E-state index contributed by atoms with van der Waals surface area (Å²) in [6.45, 7) is 16.7. The highest BCUT2D eigenvalue weighted by Crippen LogP contribution is 2.30. The maximum atomic E-state index is 2.70. The first kappa shape index (κ1) is 14.0. The summed E-state index contributed by atoms with van der Waals surface area (Å²) in [5, 5.41) is 0. The molecule has 1 aliphatic carbocycles. The predicted octanol–water partition coefficient (Wildman–Crippen LogP) is 4.32. The van der Waals surface area contributed by atoms with E-state index in [0.717, 1.165) is 5.92 Å². The summed E-state index contributed by atoms with van der Waals surface area (Å²) in [5.41, 5.74) is 0.796. The van der Waals surface area contributed by atoms with Crippen LogP contribution in [0.4, 0.5) is 0 Å². The Balaban J connectivity index is 2.43. The highest BCUT2D eigenvalue weighted by atomic mass is 15.2. The van der Waals surface area contributed by atoms with Crippen LogP contribution in [-0.4, -0.2) is 23.5 Å². The van der Waals surface area contributed by atoms with Crippen molar-refractivity contribution < 1.29 is 0 Å². The van der Waals surface area contributed by atoms with Gasteiger partial charge in [-0.3, -0.25) is 4.90 Å². The van der Waals surface area contributed by atoms with E-state index in [2.05, 4.69) is 46.4 Å². The monoisotopic (exact) mass is 225 g/mol. The van der Waals surface area contributed by atoms with Crippen molar-refractivity contribution in [3.8, 4) is 0 Å². The Morgan fingerprint density at radius 2 is 1.56 bits per heavy atom. The molecule has 0 saturated heterocycles. The van der Waals surface area contributed by atoms with Gasteiger partial charge in [0.05, 0.1) is 0 Å². The average molecular weight is 225 g/mol. The molecule has 0 aromatic heterocycles. The Morgan fingerprint density at radius 3 is 1.88 bits per heavy atom. The van der Waals surface area contributed by atoms with E-state index in [1.54, 1.807) is 0 Å². The lowest BCUT2D eigenvalue weighted by molar-refractivity contribution is 0.0778. The largest absolute Gasteiger partial charge is 0.298 e. The van der Waals surface area contributed by atoms with Gasteiger partial charge in [-0.15, -0.1) is 0 Å². The van der Waals surface area contributed by atoms with E-state index in [4.69, 9.17) is 0 Å². The summed E-state index contributed by atoms with van der Waals surface area (Å²) in [5.74, 6) is 0.985. The van der Waals surface area contributed by atoms with Gasteiger partial charge in [0.15, 0.2) is 0 Å². The first-order valence-corrected chi connectivity index (χ1v) is 6.93. The van der Waals surface area contributed by atoms with E-state index in [9.17, 15) is 0 Å². The van der Waals surface area contributed by atoms with Crippen molar-refractivity contribution in [3.05, 3.63) is 0 Å². The number of hydrogen-bond donors (Lipinski definition) is 0. The first-order chi connectivity index (χ1) is 7.18. The van der Waals surface area contributed by atoms with Crippen molar-refractivity contribution in [1.82, 2.24) is 4.90 Å². The van der Waals surface area contributed by atoms with Crippen molar-refractivity contribution in [2.75, 3.05) is 13.1 Å². The molecule has 1 fully saturated rings. The summed E-state index contributed by atoms with van der Waals surface area (Å²) in [6.07, 6.45) is 5.68. The van der Waals surface area contributed by atoms with Crippen LogP contribution in [0.3, 0.4) is 0 Å². The molecular formula is C15H31N. The molecule has 96 valence electrons. The minimum Gasteiger partial charge on any atom is -0.298 e. The minimum atomic E-state index is 0.334. The molecule has 0 amide bonds. The lowest BCUT2D eigenvalue weighted by atomic mass is 9.83. The third-order valence-electron chi connectivity index (χ3n) is 3.78. The van der Waals surface area contributed by atoms with Crippen LogP contribution < -0.4 is 0 Å². The summed E-state index contributed by atoms with van der Waals surface area (Å²) >= 11 is 0. The Kier molecular flexibility index (Phi) is 4.45. The number of hydrogen-bond acceptors (Lipinski definition) is 1. The Hall–Kier alpha value is -0.0400. The fourth-order valence-electron chi connectivity index (χ4n) is 2.16. The summed E-state index contributed by atoms with van der Waals surface area (Å²) in [6, 6.07) is 0. The summed E-state index contributed by atoms with van der Waals surface area (Å²) in [7, 11) is 0. The van der Waals surface area contributed by atoms with E-state index in [-0.39, 0.29) is 0 Å². The average Bonchev–Trinajstić information content (AvgIpc) is 1.95. The van der Waals surface area contributed by atoms with Gasteiger partial charge in [0, 0.05) is 12.1 Å². The van der Waals surface area contributed by atoms with E-state index < -0.39 is 0 Å². The molecular weight excluding hydrogens is 194 g/mol. The maximum absolute atomic E-state index is 2.70. The van der Waals surface area contributed by atoms with Gasteiger partial charge < -0.3 is 0 Å². The third-order valence-corrected chi connectivity index (χ3v) is 3.78. The van der Waals surface area contributed by atoms with Crippen LogP contribution in [0.5, 0.6) is 0 Å². The third kappa shape index (κ3) is 4.86. The fraction of sp³-hybridized carbons (Fsp3) is 1.00. The topological polar surface area (TPSA) is 3.24 Å². The van der Waals surface area contributed by atoms with Crippen LogP contribution in [0.15, 0.2) is 0 Å². The van der Waals surface area contributed by atoms with E-state index in [0.29, 0.717) is 11.0 Å². The molecule has 0 atom stereocenters. The predicted molar refractivity (Wildman–Crippen MR) is 72.7 cm³/mol. The van der Waals surface area contributed by atoms with Crippen LogP contribution >= 0.6 is 0 Å². The highest BCUT2D eigenvalue weighted by molar-refractivity contribution is 4.82. The molecule has 0 spiro atoms. The first-order valence-electron chi connectivity index (χ1n) is 6.93. The van der Waals surface area contributed by atoms with Crippen LogP contribution in [0.25, 0.3) is 0 Å². The summed E-state index contributed by atoms with van der Waals surface area (Å²) in [4.78, 5) is 2.70. The van der Waals surface area contributed by atoms with Crippen LogP contribution in [0, 0.1) is 11.3 Å². The van der Waals surface area contributed by atoms with E-state index >= 15 is 0 Å². The highest BCUT2D eigenvalue weighted by Gasteiger charge is 2.28. The van der Waals surface area contributed by atoms with Crippen LogP contribution in [-0.2, 0) is 0 Å². The Labute approximate surface area is 103 Å². The summed E-state index contributed by atoms with van der Waals surface area (Å²) < 4.78 is 0. The van der Waals surface area contributed by atoms with Crippen molar-refractivity contribution in [1.29, 1.82) is 0 Å². The fourth-order valence-corrected chi connectivity index (χ4v) is 2.16. The zero-order valence-electron chi connectivity index (χ0n) is 12.3. The molecule has 0 heterocycles. The Bertz CT molecular complexity index is 202. The Morgan fingerprint density at radius 1 is 1.00 bits per heavy atom. The van der Waals surface area contributed by atoms with E-state index in [1.165, 1.54) is 38.8 Å². The molecule has 0 aromatic rings. The molecule has 1 saturated carbocycles. The standard InChI is InChI=1S/C15H31N/c1-14(2,3)10-11-16(15(4,5)6)12-13-8-7-9-13/h13H,7-12H2,1-6H3. The van der Waals surface area contributed by atoms with Crippen molar-refractivity contribution in [2.24, 2.45) is 11.3 Å². The van der Waals surface area contributed by atoms with Gasteiger partial charge in [0.1, 0.15) is 0 Å². The second kappa shape index (κ2) is 5.08. The second-order valence-electron chi connectivity index (χ2n) is 7.72. The zero-order chi connectivity index (χ0) is 12.4. The van der Waals surface area contributed by atoms with Gasteiger partial charge in [-0.1, -0.05) is 27.2 Å². The zero-order valence-corrected chi connectivity index (χ0v) is 12.3. The molecule has 0 bridgehead atoms. The van der Waals surface area contributed by atoms with E-state index in [1.807, 2.05) is 0 Å². The minimum absolute atomic E-state index is 0.334. The number of rotatable bonds is 4. The second-order valence-corrected chi connectivity index (χ2v) is 7.72. The smallest absolute Gasteiger partial charge is 0.0125 e. The lowest BCUT2D eigenvalue weighted by Gasteiger charge is -2.41. The molecule has 1 aliphatic rings. The lowest BCUT2D eigenvalue weighted by Crippen LogP contribution is -2.46. The van der Waals surface area contributed by atoms with Crippen LogP contribution in [0.1, 0.15) is 67.2 Å². The molecule has 1 rings (SSSR count). The van der Waals surface area contributed by atoms with Gasteiger partial charge in [0.2, 0.25) is 0 Å². The quantitative estimate of drug-likeness (QED) is 0.688. The molecule has 1 nitrogen and oxygen atoms in total. The molecule has 0 N–H and O–H groups in total. The molecule has 1 heteroatoms. The van der Waals surface area contributed by atoms with Gasteiger partial charge in [0.25, 0.3) is 0 Å². The van der Waals surface area contributed by atoms with Crippen LogP contribution in [0.2, 0.25) is 0 Å². The van der Waals surface area contributed by atoms with Crippen molar-refractivity contribution in [2.45, 2.75) is 72.8 Å². The van der Waals surface area contributed by atoms with Gasteiger partial charge in [-0.05, 0) is 57.9 Å². The molecule has 16 heavy (non-hydrogen) atoms. The maximum Gasteiger partial charge on any atom is 0.0125 e. The van der Waals surface area contributed by atoms with Crippen molar-refractivity contribution >= 4 is 0 Å². The van der Waals surface area contributed by atoms with Gasteiger partial charge in [-0.2, -0.15) is 0 Å². The normalized spacial score (nSPS) is 18.9. The van der Waals surface area contributed by atoms with Gasteiger partial charge >= 0.3 is 0 Å².